The summed E-state index contributed by atoms with van der Waals surface area (Å²) in [4.78, 5) is 0. The number of rotatable bonds is 10. The first-order valence-electron chi connectivity index (χ1n) is 9.15. The average molecular weight is 306 g/mol. The van der Waals surface area contributed by atoms with Crippen molar-refractivity contribution in [2.45, 2.75) is 58.3 Å². The second-order valence-electron chi connectivity index (χ2n) is 6.29. The topological polar surface area (TPSA) is 0 Å². The van der Waals surface area contributed by atoms with Gasteiger partial charge in [-0.15, -0.1) is 0 Å². The third kappa shape index (κ3) is 6.86. The van der Waals surface area contributed by atoms with Crippen LogP contribution in [0, 0.1) is 0 Å². The van der Waals surface area contributed by atoms with E-state index < -0.39 is 0 Å². The number of allylic oxidation sites excluding steroid dienone is 2. The minimum Gasteiger partial charge on any atom is -0.0917 e. The van der Waals surface area contributed by atoms with Crippen LogP contribution in [0.5, 0.6) is 0 Å². The number of unbranched alkanes of at least 4 members (excludes halogenated alkanes) is 6. The predicted octanol–water partition coefficient (Wildman–Crippen LogP) is 7.20. The molecule has 0 aliphatic heterocycles. The number of hydrogen-bond acceptors (Lipinski definition) is 0. The Morgan fingerprint density at radius 2 is 1.26 bits per heavy atom. The van der Waals surface area contributed by atoms with Gasteiger partial charge in [0.15, 0.2) is 0 Å². The highest BCUT2D eigenvalue weighted by atomic mass is 14.0. The summed E-state index contributed by atoms with van der Waals surface area (Å²) < 4.78 is 0. The molecule has 0 aromatic heterocycles. The van der Waals surface area contributed by atoms with Crippen LogP contribution in [0.15, 0.2) is 66.7 Å². The Morgan fingerprint density at radius 1 is 0.652 bits per heavy atom. The van der Waals surface area contributed by atoms with Crippen molar-refractivity contribution in [1.82, 2.24) is 0 Å². The zero-order chi connectivity index (χ0) is 16.2. The molecule has 2 aromatic rings. The van der Waals surface area contributed by atoms with Crippen LogP contribution in [-0.4, -0.2) is 0 Å². The summed E-state index contributed by atoms with van der Waals surface area (Å²) in [6.07, 6.45) is 15.1. The summed E-state index contributed by atoms with van der Waals surface area (Å²) >= 11 is 0. The van der Waals surface area contributed by atoms with Gasteiger partial charge in [-0.25, -0.2) is 0 Å². The maximum absolute atomic E-state index is 2.29. The van der Waals surface area contributed by atoms with E-state index in [1.807, 2.05) is 0 Å². The summed E-state index contributed by atoms with van der Waals surface area (Å²) in [6, 6.07) is 19.7. The minimum atomic E-state index is 1.22. The summed E-state index contributed by atoms with van der Waals surface area (Å²) in [5.74, 6) is 0. The summed E-state index contributed by atoms with van der Waals surface area (Å²) in [6.45, 7) is 2.10. The molecule has 0 radical (unpaired) electrons. The van der Waals surface area contributed by atoms with Gasteiger partial charge in [0.25, 0.3) is 0 Å². The molecule has 23 heavy (non-hydrogen) atoms. The van der Waals surface area contributed by atoms with E-state index in [1.165, 1.54) is 68.1 Å². The van der Waals surface area contributed by atoms with Gasteiger partial charge in [0.05, 0.1) is 0 Å². The van der Waals surface area contributed by atoms with Crippen molar-refractivity contribution in [3.05, 3.63) is 72.3 Å². The van der Waals surface area contributed by atoms with Crippen molar-refractivity contribution in [2.75, 3.05) is 0 Å². The molecule has 0 unspecified atom stereocenters. The van der Waals surface area contributed by atoms with E-state index in [4.69, 9.17) is 0 Å². The van der Waals surface area contributed by atoms with E-state index in [2.05, 4.69) is 73.7 Å². The van der Waals surface area contributed by atoms with Gasteiger partial charge in [0, 0.05) is 0 Å². The number of hydrogen-bond donors (Lipinski definition) is 0. The minimum absolute atomic E-state index is 1.22. The van der Waals surface area contributed by atoms with E-state index >= 15 is 0 Å². The first kappa shape index (κ1) is 17.5. The van der Waals surface area contributed by atoms with Crippen molar-refractivity contribution in [3.63, 3.8) is 0 Å². The Kier molecular flexibility index (Phi) is 8.26. The van der Waals surface area contributed by atoms with Crippen LogP contribution in [0.3, 0.4) is 0 Å². The zero-order valence-electron chi connectivity index (χ0n) is 14.5. The van der Waals surface area contributed by atoms with Crippen LogP contribution in [0.2, 0.25) is 0 Å². The molecule has 0 spiro atoms. The van der Waals surface area contributed by atoms with Crippen LogP contribution in [0.4, 0.5) is 0 Å². The third-order valence-electron chi connectivity index (χ3n) is 4.38. The van der Waals surface area contributed by atoms with E-state index in [1.54, 1.807) is 0 Å². The number of aryl methyl sites for hydroxylation is 1. The molecule has 0 fully saturated rings. The van der Waals surface area contributed by atoms with Gasteiger partial charge in [-0.3, -0.25) is 0 Å². The van der Waals surface area contributed by atoms with Gasteiger partial charge >= 0.3 is 0 Å². The summed E-state index contributed by atoms with van der Waals surface area (Å²) in [5.41, 5.74) is 4.09. The molecule has 0 heterocycles. The molecule has 0 aliphatic carbocycles. The van der Waals surface area contributed by atoms with Crippen LogP contribution >= 0.6 is 0 Å². The summed E-state index contributed by atoms with van der Waals surface area (Å²) in [5, 5.41) is 0. The highest BCUT2D eigenvalue weighted by Crippen LogP contribution is 2.20. The lowest BCUT2D eigenvalue weighted by Gasteiger charge is -2.05. The molecule has 2 aromatic carbocycles. The lowest BCUT2D eigenvalue weighted by molar-refractivity contribution is 0.597. The smallest absolute Gasteiger partial charge is 0.0184 e. The van der Waals surface area contributed by atoms with Crippen molar-refractivity contribution in [3.8, 4) is 11.1 Å². The molecule has 0 aliphatic rings. The Morgan fingerprint density at radius 3 is 1.96 bits per heavy atom. The quantitative estimate of drug-likeness (QED) is 0.321. The average Bonchev–Trinajstić information content (AvgIpc) is 2.62. The SMILES string of the molecule is CC=CCCCCCCCCc1ccc(-c2ccccc2)cc1. The molecule has 0 nitrogen and oxygen atoms in total. The Bertz CT molecular complexity index is 548. The van der Waals surface area contributed by atoms with Crippen LogP contribution < -0.4 is 0 Å². The van der Waals surface area contributed by atoms with Gasteiger partial charge in [-0.05, 0) is 49.3 Å². The Balaban J connectivity index is 1.61. The normalized spacial score (nSPS) is 11.2. The molecule has 0 bridgehead atoms. The standard InChI is InChI=1S/C23H30/c1-2-3-4-5-6-7-8-9-11-14-21-17-19-23(20-18-21)22-15-12-10-13-16-22/h2-3,10,12-13,15-20H,4-9,11,14H2,1H3. The zero-order valence-corrected chi connectivity index (χ0v) is 14.5. The first-order valence-corrected chi connectivity index (χ1v) is 9.15. The fraction of sp³-hybridized carbons (Fsp3) is 0.391. The molecule has 0 amide bonds. The molecule has 2 rings (SSSR count). The molecule has 122 valence electrons. The maximum Gasteiger partial charge on any atom is -0.0184 e. The first-order chi connectivity index (χ1) is 11.4. The van der Waals surface area contributed by atoms with Crippen molar-refractivity contribution >= 4 is 0 Å². The van der Waals surface area contributed by atoms with Crippen LogP contribution in [0.25, 0.3) is 11.1 Å². The predicted molar refractivity (Wildman–Crippen MR) is 103 cm³/mol. The maximum atomic E-state index is 2.29. The van der Waals surface area contributed by atoms with Gasteiger partial charge < -0.3 is 0 Å². The fourth-order valence-corrected chi connectivity index (χ4v) is 2.96. The molecular weight excluding hydrogens is 276 g/mol. The lowest BCUT2D eigenvalue weighted by atomic mass is 10.0. The molecule has 0 atom stereocenters. The van der Waals surface area contributed by atoms with Crippen LogP contribution in [0.1, 0.15) is 57.4 Å². The lowest BCUT2D eigenvalue weighted by Crippen LogP contribution is -1.87. The van der Waals surface area contributed by atoms with E-state index in [0.717, 1.165) is 0 Å². The van der Waals surface area contributed by atoms with Crippen molar-refractivity contribution in [1.29, 1.82) is 0 Å². The van der Waals surface area contributed by atoms with E-state index in [-0.39, 0.29) is 0 Å². The van der Waals surface area contributed by atoms with Crippen molar-refractivity contribution < 1.29 is 0 Å². The van der Waals surface area contributed by atoms with Gasteiger partial charge in [0.1, 0.15) is 0 Å². The third-order valence-corrected chi connectivity index (χ3v) is 4.38. The molecular formula is C23H30. The Hall–Kier alpha value is -1.82. The molecule has 0 heteroatoms. The highest BCUT2D eigenvalue weighted by Gasteiger charge is 1.98. The number of benzene rings is 2. The monoisotopic (exact) mass is 306 g/mol. The second-order valence-corrected chi connectivity index (χ2v) is 6.29. The van der Waals surface area contributed by atoms with Gasteiger partial charge in [0.2, 0.25) is 0 Å². The van der Waals surface area contributed by atoms with Crippen molar-refractivity contribution in [2.24, 2.45) is 0 Å². The highest BCUT2D eigenvalue weighted by molar-refractivity contribution is 5.63. The molecule has 0 saturated heterocycles. The van der Waals surface area contributed by atoms with Gasteiger partial charge in [-0.2, -0.15) is 0 Å². The fourth-order valence-electron chi connectivity index (χ4n) is 2.96. The molecule has 0 saturated carbocycles. The molecule has 0 N–H and O–H groups in total. The summed E-state index contributed by atoms with van der Waals surface area (Å²) in [7, 11) is 0. The Labute approximate surface area is 142 Å². The van der Waals surface area contributed by atoms with E-state index in [9.17, 15) is 0 Å². The second kappa shape index (κ2) is 10.8. The van der Waals surface area contributed by atoms with Gasteiger partial charge in [-0.1, -0.05) is 92.4 Å². The van der Waals surface area contributed by atoms with Crippen LogP contribution in [-0.2, 0) is 6.42 Å². The largest absolute Gasteiger partial charge is 0.0917 e. The van der Waals surface area contributed by atoms with E-state index in [0.29, 0.717) is 0 Å².